The van der Waals surface area contributed by atoms with Gasteiger partial charge in [0.15, 0.2) is 5.11 Å². The second-order valence-electron chi connectivity index (χ2n) is 6.22. The third kappa shape index (κ3) is 7.35. The molecule has 25 heavy (non-hydrogen) atoms. The van der Waals surface area contributed by atoms with Gasteiger partial charge in [0.1, 0.15) is 5.75 Å². The zero-order valence-electron chi connectivity index (χ0n) is 14.6. The molecule has 0 aliphatic heterocycles. The van der Waals surface area contributed by atoms with Gasteiger partial charge >= 0.3 is 0 Å². The first-order chi connectivity index (χ1) is 12.0. The maximum atomic E-state index is 12.0. The number of anilines is 1. The molecule has 0 unspecified atom stereocenters. The zero-order chi connectivity index (χ0) is 18.1. The van der Waals surface area contributed by atoms with Crippen molar-refractivity contribution in [2.75, 3.05) is 11.9 Å². The quantitative estimate of drug-likeness (QED) is 0.731. The molecule has 0 atom stereocenters. The van der Waals surface area contributed by atoms with Crippen LogP contribution in [0.2, 0.25) is 0 Å². The summed E-state index contributed by atoms with van der Waals surface area (Å²) in [5.41, 5.74) is 1.92. The summed E-state index contributed by atoms with van der Waals surface area (Å²) in [5.74, 6) is 1.13. The second kappa shape index (κ2) is 9.79. The Morgan fingerprint density at radius 3 is 2.60 bits per heavy atom. The molecular formula is C20H24N2O2S. The highest BCUT2D eigenvalue weighted by atomic mass is 32.1. The number of benzene rings is 2. The first-order valence-corrected chi connectivity index (χ1v) is 8.81. The summed E-state index contributed by atoms with van der Waals surface area (Å²) in [6, 6.07) is 17.4. The van der Waals surface area contributed by atoms with Crippen molar-refractivity contribution in [2.24, 2.45) is 5.92 Å². The molecule has 2 aromatic carbocycles. The van der Waals surface area contributed by atoms with Gasteiger partial charge in [-0.05, 0) is 42.3 Å². The van der Waals surface area contributed by atoms with E-state index in [0.717, 1.165) is 17.0 Å². The molecule has 0 bridgehead atoms. The van der Waals surface area contributed by atoms with E-state index in [0.29, 0.717) is 30.5 Å². The first kappa shape index (κ1) is 18.9. The lowest BCUT2D eigenvalue weighted by molar-refractivity contribution is -0.119. The SMILES string of the molecule is CC(C)COc1cccc(NC(=S)NC(=O)CCc2ccccc2)c1. The maximum absolute atomic E-state index is 12.0. The first-order valence-electron chi connectivity index (χ1n) is 8.40. The number of nitrogens with one attached hydrogen (secondary N) is 2. The maximum Gasteiger partial charge on any atom is 0.226 e. The molecule has 0 saturated carbocycles. The molecule has 0 aromatic heterocycles. The van der Waals surface area contributed by atoms with Gasteiger partial charge in [-0.3, -0.25) is 4.79 Å². The van der Waals surface area contributed by atoms with Crippen molar-refractivity contribution in [3.05, 3.63) is 60.2 Å². The van der Waals surface area contributed by atoms with Crippen LogP contribution >= 0.6 is 12.2 Å². The Kier molecular flexibility index (Phi) is 7.41. The van der Waals surface area contributed by atoms with Gasteiger partial charge < -0.3 is 15.4 Å². The summed E-state index contributed by atoms with van der Waals surface area (Å²) < 4.78 is 5.69. The van der Waals surface area contributed by atoms with Gasteiger partial charge in [0.05, 0.1) is 6.61 Å². The minimum atomic E-state index is -0.103. The minimum Gasteiger partial charge on any atom is -0.493 e. The number of amides is 1. The van der Waals surface area contributed by atoms with Crippen LogP contribution in [0.5, 0.6) is 5.75 Å². The molecule has 0 saturated heterocycles. The third-order valence-electron chi connectivity index (χ3n) is 3.41. The molecule has 4 nitrogen and oxygen atoms in total. The molecule has 132 valence electrons. The van der Waals surface area contributed by atoms with Gasteiger partial charge in [-0.25, -0.2) is 0 Å². The lowest BCUT2D eigenvalue weighted by Crippen LogP contribution is -2.34. The number of hydrogen-bond acceptors (Lipinski definition) is 3. The summed E-state index contributed by atoms with van der Waals surface area (Å²) in [5, 5.41) is 6.02. The number of aryl methyl sites for hydroxylation is 1. The van der Waals surface area contributed by atoms with Crippen molar-refractivity contribution in [2.45, 2.75) is 26.7 Å². The molecule has 0 heterocycles. The average molecular weight is 356 g/mol. The summed E-state index contributed by atoms with van der Waals surface area (Å²) in [4.78, 5) is 12.0. The monoisotopic (exact) mass is 356 g/mol. The summed E-state index contributed by atoms with van der Waals surface area (Å²) in [6.45, 7) is 4.86. The lowest BCUT2D eigenvalue weighted by atomic mass is 10.1. The van der Waals surface area contributed by atoms with Gasteiger partial charge in [0.2, 0.25) is 5.91 Å². The van der Waals surface area contributed by atoms with Crippen molar-refractivity contribution in [3.8, 4) is 5.75 Å². The fraction of sp³-hybridized carbons (Fsp3) is 0.300. The molecule has 0 aliphatic carbocycles. The fourth-order valence-electron chi connectivity index (χ4n) is 2.18. The second-order valence-corrected chi connectivity index (χ2v) is 6.63. The highest BCUT2D eigenvalue weighted by Crippen LogP contribution is 2.18. The number of thiocarbonyl (C=S) groups is 1. The van der Waals surface area contributed by atoms with E-state index in [9.17, 15) is 4.79 Å². The Hall–Kier alpha value is -2.40. The van der Waals surface area contributed by atoms with Crippen molar-refractivity contribution in [3.63, 3.8) is 0 Å². The molecule has 0 radical (unpaired) electrons. The number of rotatable bonds is 7. The minimum absolute atomic E-state index is 0.103. The predicted octanol–water partition coefficient (Wildman–Crippen LogP) is 4.17. The Morgan fingerprint density at radius 1 is 1.12 bits per heavy atom. The summed E-state index contributed by atoms with van der Waals surface area (Å²) in [6.07, 6.45) is 1.08. The van der Waals surface area contributed by atoms with Crippen LogP contribution in [-0.2, 0) is 11.2 Å². The molecule has 2 aromatic rings. The number of carbonyl (C=O) groups excluding carboxylic acids is 1. The van der Waals surface area contributed by atoms with Crippen LogP contribution in [0.4, 0.5) is 5.69 Å². The normalized spacial score (nSPS) is 10.4. The fourth-order valence-corrected chi connectivity index (χ4v) is 2.41. The van der Waals surface area contributed by atoms with Crippen LogP contribution in [-0.4, -0.2) is 17.6 Å². The lowest BCUT2D eigenvalue weighted by Gasteiger charge is -2.12. The molecule has 0 fully saturated rings. The van der Waals surface area contributed by atoms with Crippen LogP contribution in [0.3, 0.4) is 0 Å². The van der Waals surface area contributed by atoms with Crippen LogP contribution in [0.1, 0.15) is 25.8 Å². The number of carbonyl (C=O) groups is 1. The van der Waals surface area contributed by atoms with Gasteiger partial charge in [-0.1, -0.05) is 50.2 Å². The van der Waals surface area contributed by atoms with Crippen LogP contribution in [0.15, 0.2) is 54.6 Å². The van der Waals surface area contributed by atoms with E-state index in [-0.39, 0.29) is 5.91 Å². The molecule has 0 aliphatic rings. The number of ether oxygens (including phenoxy) is 1. The van der Waals surface area contributed by atoms with Gasteiger partial charge in [-0.15, -0.1) is 0 Å². The Morgan fingerprint density at radius 2 is 1.88 bits per heavy atom. The third-order valence-corrected chi connectivity index (χ3v) is 3.62. The zero-order valence-corrected chi connectivity index (χ0v) is 15.4. The molecule has 5 heteroatoms. The van der Waals surface area contributed by atoms with E-state index >= 15 is 0 Å². The van der Waals surface area contributed by atoms with Gasteiger partial charge in [0, 0.05) is 18.2 Å². The van der Waals surface area contributed by atoms with E-state index < -0.39 is 0 Å². The van der Waals surface area contributed by atoms with Crippen molar-refractivity contribution in [1.82, 2.24) is 5.32 Å². The highest BCUT2D eigenvalue weighted by Gasteiger charge is 2.06. The van der Waals surface area contributed by atoms with Crippen molar-refractivity contribution < 1.29 is 9.53 Å². The average Bonchev–Trinajstić information content (AvgIpc) is 2.59. The standard InChI is InChI=1S/C20H24N2O2S/c1-15(2)14-24-18-10-6-9-17(13-18)21-20(25)22-19(23)12-11-16-7-4-3-5-8-16/h3-10,13,15H,11-12,14H2,1-2H3,(H2,21,22,23,25). The summed E-state index contributed by atoms with van der Waals surface area (Å²) >= 11 is 5.21. The van der Waals surface area contributed by atoms with Crippen LogP contribution in [0, 0.1) is 5.92 Å². The van der Waals surface area contributed by atoms with E-state index in [1.165, 1.54) is 0 Å². The highest BCUT2D eigenvalue weighted by molar-refractivity contribution is 7.80. The topological polar surface area (TPSA) is 50.4 Å². The van der Waals surface area contributed by atoms with Crippen molar-refractivity contribution >= 4 is 28.9 Å². The van der Waals surface area contributed by atoms with E-state index in [1.54, 1.807) is 0 Å². The molecule has 1 amide bonds. The Bertz CT molecular complexity index is 702. The molecule has 0 spiro atoms. The van der Waals surface area contributed by atoms with Gasteiger partial charge in [0.25, 0.3) is 0 Å². The van der Waals surface area contributed by atoms with E-state index in [4.69, 9.17) is 17.0 Å². The van der Waals surface area contributed by atoms with Crippen LogP contribution < -0.4 is 15.4 Å². The largest absolute Gasteiger partial charge is 0.493 e. The van der Waals surface area contributed by atoms with E-state index in [2.05, 4.69) is 24.5 Å². The summed E-state index contributed by atoms with van der Waals surface area (Å²) in [7, 11) is 0. The van der Waals surface area contributed by atoms with E-state index in [1.807, 2.05) is 54.6 Å². The smallest absolute Gasteiger partial charge is 0.226 e. The Balaban J connectivity index is 1.79. The molecule has 2 rings (SSSR count). The molecular weight excluding hydrogens is 332 g/mol. The van der Waals surface area contributed by atoms with Crippen molar-refractivity contribution in [1.29, 1.82) is 0 Å². The Labute approximate surface area is 154 Å². The number of hydrogen-bond donors (Lipinski definition) is 2. The van der Waals surface area contributed by atoms with Gasteiger partial charge in [-0.2, -0.15) is 0 Å². The molecule has 2 N–H and O–H groups in total. The van der Waals surface area contributed by atoms with Crippen LogP contribution in [0.25, 0.3) is 0 Å². The predicted molar refractivity (Wildman–Crippen MR) is 106 cm³/mol.